The molecule has 146 valence electrons. The fourth-order valence-electron chi connectivity index (χ4n) is 2.69. The Morgan fingerprint density at radius 3 is 2.68 bits per heavy atom. The van der Waals surface area contributed by atoms with E-state index in [0.29, 0.717) is 37.5 Å². The molecule has 5 nitrogen and oxygen atoms in total. The van der Waals surface area contributed by atoms with E-state index in [1.165, 1.54) is 11.1 Å². The predicted octanol–water partition coefficient (Wildman–Crippen LogP) is 4.42. The average Bonchev–Trinajstić information content (AvgIpc) is 3.19. The fourth-order valence-corrected chi connectivity index (χ4v) is 3.51. The topological polar surface area (TPSA) is 68.0 Å². The van der Waals surface area contributed by atoms with Crippen LogP contribution in [0.3, 0.4) is 0 Å². The van der Waals surface area contributed by atoms with Gasteiger partial charge in [0.05, 0.1) is 0 Å². The molecular weight excluding hydrogens is 370 g/mol. The molecule has 3 rings (SSSR count). The van der Waals surface area contributed by atoms with Crippen LogP contribution in [-0.4, -0.2) is 28.3 Å². The molecule has 0 fully saturated rings. The van der Waals surface area contributed by atoms with Gasteiger partial charge in [-0.15, -0.1) is 0 Å². The van der Waals surface area contributed by atoms with Crippen LogP contribution < -0.4 is 5.32 Å². The highest BCUT2D eigenvalue weighted by Gasteiger charge is 2.09. The molecule has 0 bridgehead atoms. The van der Waals surface area contributed by atoms with Gasteiger partial charge in [-0.25, -0.2) is 0 Å². The summed E-state index contributed by atoms with van der Waals surface area (Å²) in [7, 11) is 0. The maximum Gasteiger partial charge on any atom is 0.226 e. The average molecular weight is 396 g/mol. The summed E-state index contributed by atoms with van der Waals surface area (Å²) in [5.41, 5.74) is 3.52. The number of aromatic nitrogens is 2. The second-order valence-corrected chi connectivity index (χ2v) is 7.72. The van der Waals surface area contributed by atoms with Crippen molar-refractivity contribution in [1.29, 1.82) is 0 Å². The van der Waals surface area contributed by atoms with Crippen LogP contribution in [0.4, 0.5) is 0 Å². The Morgan fingerprint density at radius 2 is 1.89 bits per heavy atom. The van der Waals surface area contributed by atoms with Crippen molar-refractivity contribution in [2.75, 3.05) is 12.3 Å². The quantitative estimate of drug-likeness (QED) is 0.515. The summed E-state index contributed by atoms with van der Waals surface area (Å²) in [5, 5.41) is 6.96. The van der Waals surface area contributed by atoms with Crippen LogP contribution in [0.2, 0.25) is 0 Å². The van der Waals surface area contributed by atoms with Gasteiger partial charge in [0.2, 0.25) is 17.6 Å². The molecule has 0 spiro atoms. The molecule has 0 aliphatic heterocycles. The lowest BCUT2D eigenvalue weighted by Gasteiger charge is -2.05. The second kappa shape index (κ2) is 10.7. The van der Waals surface area contributed by atoms with Crippen LogP contribution in [0.15, 0.2) is 59.1 Å². The van der Waals surface area contributed by atoms with Gasteiger partial charge in [-0.2, -0.15) is 16.7 Å². The first-order valence-electron chi connectivity index (χ1n) is 9.49. The molecule has 1 N–H and O–H groups in total. The van der Waals surface area contributed by atoms with E-state index in [0.717, 1.165) is 17.1 Å². The molecule has 28 heavy (non-hydrogen) atoms. The second-order valence-electron chi connectivity index (χ2n) is 6.62. The Morgan fingerprint density at radius 1 is 1.11 bits per heavy atom. The SMILES string of the molecule is Cc1ccc(CSCCNC(=O)CCCc2nc(-c3ccccc3)no2)cc1. The van der Waals surface area contributed by atoms with Crippen molar-refractivity contribution in [3.05, 3.63) is 71.6 Å². The van der Waals surface area contributed by atoms with Gasteiger partial charge in [-0.05, 0) is 18.9 Å². The van der Waals surface area contributed by atoms with Gasteiger partial charge in [0.1, 0.15) is 0 Å². The number of carbonyl (C=O) groups is 1. The smallest absolute Gasteiger partial charge is 0.226 e. The third-order valence-corrected chi connectivity index (χ3v) is 5.28. The number of hydrogen-bond acceptors (Lipinski definition) is 5. The van der Waals surface area contributed by atoms with E-state index in [1.807, 2.05) is 42.1 Å². The van der Waals surface area contributed by atoms with Crippen molar-refractivity contribution in [3.63, 3.8) is 0 Å². The first-order chi connectivity index (χ1) is 13.7. The summed E-state index contributed by atoms with van der Waals surface area (Å²) in [4.78, 5) is 16.3. The lowest BCUT2D eigenvalue weighted by atomic mass is 10.2. The Balaban J connectivity index is 1.27. The highest BCUT2D eigenvalue weighted by atomic mass is 32.2. The van der Waals surface area contributed by atoms with Gasteiger partial charge < -0.3 is 9.84 Å². The number of benzene rings is 2. The van der Waals surface area contributed by atoms with Crippen molar-refractivity contribution in [1.82, 2.24) is 15.5 Å². The molecule has 0 saturated heterocycles. The monoisotopic (exact) mass is 395 g/mol. The van der Waals surface area contributed by atoms with E-state index in [1.54, 1.807) is 0 Å². The lowest BCUT2D eigenvalue weighted by molar-refractivity contribution is -0.121. The Labute approximate surface area is 169 Å². The van der Waals surface area contributed by atoms with Gasteiger partial charge in [0.15, 0.2) is 0 Å². The summed E-state index contributed by atoms with van der Waals surface area (Å²) < 4.78 is 5.27. The maximum atomic E-state index is 11.9. The zero-order chi connectivity index (χ0) is 19.6. The molecular formula is C22H25N3O2S. The van der Waals surface area contributed by atoms with E-state index in [4.69, 9.17) is 4.52 Å². The van der Waals surface area contributed by atoms with Crippen LogP contribution >= 0.6 is 11.8 Å². The number of nitrogens with one attached hydrogen (secondary N) is 1. The minimum absolute atomic E-state index is 0.0683. The summed E-state index contributed by atoms with van der Waals surface area (Å²) in [6, 6.07) is 18.3. The number of amides is 1. The van der Waals surface area contributed by atoms with Gasteiger partial charge in [0, 0.05) is 36.5 Å². The number of thioether (sulfide) groups is 1. The van der Waals surface area contributed by atoms with Gasteiger partial charge in [-0.1, -0.05) is 65.3 Å². The van der Waals surface area contributed by atoms with Crippen molar-refractivity contribution in [2.24, 2.45) is 0 Å². The number of carbonyl (C=O) groups excluding carboxylic acids is 1. The molecule has 0 saturated carbocycles. The van der Waals surface area contributed by atoms with Crippen LogP contribution in [0, 0.1) is 6.92 Å². The van der Waals surface area contributed by atoms with Gasteiger partial charge >= 0.3 is 0 Å². The van der Waals surface area contributed by atoms with E-state index in [-0.39, 0.29) is 5.91 Å². The summed E-state index contributed by atoms with van der Waals surface area (Å²) in [5.74, 6) is 3.10. The number of nitrogens with zero attached hydrogens (tertiary/aromatic N) is 2. The molecule has 1 heterocycles. The standard InChI is InChI=1S/C22H25N3O2S/c1-17-10-12-18(13-11-17)16-28-15-14-23-20(26)8-5-9-21-24-22(25-27-21)19-6-3-2-4-7-19/h2-4,6-7,10-13H,5,8-9,14-16H2,1H3,(H,23,26). The zero-order valence-corrected chi connectivity index (χ0v) is 16.9. The third kappa shape index (κ3) is 6.53. The Bertz CT molecular complexity index is 863. The number of aryl methyl sites for hydroxylation is 2. The van der Waals surface area contributed by atoms with Crippen LogP contribution in [0.25, 0.3) is 11.4 Å². The Hall–Kier alpha value is -2.60. The van der Waals surface area contributed by atoms with Crippen LogP contribution in [0.5, 0.6) is 0 Å². The van der Waals surface area contributed by atoms with E-state index in [2.05, 4.69) is 46.6 Å². The van der Waals surface area contributed by atoms with Crippen molar-refractivity contribution < 1.29 is 9.32 Å². The summed E-state index contributed by atoms with van der Waals surface area (Å²) in [6.07, 6.45) is 1.76. The van der Waals surface area contributed by atoms with Crippen molar-refractivity contribution in [3.8, 4) is 11.4 Å². The minimum Gasteiger partial charge on any atom is -0.355 e. The highest BCUT2D eigenvalue weighted by molar-refractivity contribution is 7.98. The minimum atomic E-state index is 0.0683. The van der Waals surface area contributed by atoms with Crippen LogP contribution in [0.1, 0.15) is 29.9 Å². The summed E-state index contributed by atoms with van der Waals surface area (Å²) in [6.45, 7) is 2.78. The molecule has 1 amide bonds. The molecule has 6 heteroatoms. The highest BCUT2D eigenvalue weighted by Crippen LogP contribution is 2.16. The van der Waals surface area contributed by atoms with Crippen LogP contribution in [-0.2, 0) is 17.0 Å². The zero-order valence-electron chi connectivity index (χ0n) is 16.1. The molecule has 0 radical (unpaired) electrons. The third-order valence-electron chi connectivity index (χ3n) is 4.25. The number of rotatable bonds is 10. The van der Waals surface area contributed by atoms with Gasteiger partial charge in [0.25, 0.3) is 0 Å². The van der Waals surface area contributed by atoms with Crippen molar-refractivity contribution >= 4 is 17.7 Å². The predicted molar refractivity (Wildman–Crippen MR) is 113 cm³/mol. The first kappa shape index (κ1) is 20.1. The molecule has 2 aromatic carbocycles. The van der Waals surface area contributed by atoms with E-state index in [9.17, 15) is 4.79 Å². The van der Waals surface area contributed by atoms with E-state index < -0.39 is 0 Å². The molecule has 0 aliphatic rings. The Kier molecular flexibility index (Phi) is 7.67. The maximum absolute atomic E-state index is 11.9. The fraction of sp³-hybridized carbons (Fsp3) is 0.318. The molecule has 1 aromatic heterocycles. The largest absolute Gasteiger partial charge is 0.355 e. The molecule has 0 atom stereocenters. The lowest BCUT2D eigenvalue weighted by Crippen LogP contribution is -2.25. The first-order valence-corrected chi connectivity index (χ1v) is 10.6. The van der Waals surface area contributed by atoms with Crippen molar-refractivity contribution in [2.45, 2.75) is 31.9 Å². The molecule has 3 aromatic rings. The molecule has 0 unspecified atom stereocenters. The van der Waals surface area contributed by atoms with E-state index >= 15 is 0 Å². The normalized spacial score (nSPS) is 10.8. The number of hydrogen-bond donors (Lipinski definition) is 1. The van der Waals surface area contributed by atoms with Gasteiger partial charge in [-0.3, -0.25) is 4.79 Å². The molecule has 0 aliphatic carbocycles. The summed E-state index contributed by atoms with van der Waals surface area (Å²) >= 11 is 1.83.